The number of nitrogens with one attached hydrogen (secondary N) is 1. The van der Waals surface area contributed by atoms with E-state index in [0.717, 1.165) is 24.3 Å². The average molecular weight is 260 g/mol. The van der Waals surface area contributed by atoms with E-state index in [1.165, 1.54) is 44.2 Å². The Bertz CT molecular complexity index is 350. The first kappa shape index (κ1) is 14.5. The highest BCUT2D eigenvalue weighted by atomic mass is 14.9. The van der Waals surface area contributed by atoms with Crippen LogP contribution in [-0.2, 0) is 6.42 Å². The minimum atomic E-state index is 0.831. The summed E-state index contributed by atoms with van der Waals surface area (Å²) in [6.45, 7) is 7.01. The molecule has 0 aromatic carbocycles. The fraction of sp³-hybridized carbons (Fsp3) is 0.706. The van der Waals surface area contributed by atoms with Gasteiger partial charge in [0.2, 0.25) is 0 Å². The van der Waals surface area contributed by atoms with Crippen molar-refractivity contribution in [3.8, 4) is 0 Å². The number of rotatable bonds is 6. The maximum absolute atomic E-state index is 4.25. The fourth-order valence-corrected chi connectivity index (χ4v) is 3.37. The topological polar surface area (TPSA) is 24.9 Å². The van der Waals surface area contributed by atoms with Crippen LogP contribution >= 0.6 is 0 Å². The lowest BCUT2D eigenvalue weighted by atomic mass is 9.72. The van der Waals surface area contributed by atoms with Crippen LogP contribution in [0.5, 0.6) is 0 Å². The van der Waals surface area contributed by atoms with Gasteiger partial charge >= 0.3 is 0 Å². The number of pyridine rings is 1. The molecule has 0 amide bonds. The van der Waals surface area contributed by atoms with E-state index >= 15 is 0 Å². The van der Waals surface area contributed by atoms with E-state index in [1.54, 1.807) is 0 Å². The lowest BCUT2D eigenvalue weighted by molar-refractivity contribution is 0.184. The van der Waals surface area contributed by atoms with E-state index in [-0.39, 0.29) is 0 Å². The van der Waals surface area contributed by atoms with Gasteiger partial charge in [0.1, 0.15) is 0 Å². The molecule has 2 nitrogen and oxygen atoms in total. The normalized spacial score (nSPS) is 27.4. The van der Waals surface area contributed by atoms with Gasteiger partial charge in [-0.25, -0.2) is 0 Å². The van der Waals surface area contributed by atoms with Crippen LogP contribution in [0.1, 0.15) is 45.1 Å². The second-order valence-corrected chi connectivity index (χ2v) is 6.21. The summed E-state index contributed by atoms with van der Waals surface area (Å²) in [5.74, 6) is 2.57. The van der Waals surface area contributed by atoms with E-state index in [2.05, 4.69) is 36.3 Å². The molecule has 1 N–H and O–H groups in total. The predicted molar refractivity (Wildman–Crippen MR) is 81.1 cm³/mol. The van der Waals surface area contributed by atoms with Crippen LogP contribution < -0.4 is 5.32 Å². The SMILES string of the molecule is CCCNCC1CCC(C)CC1Cc1cccnc1. The smallest absolute Gasteiger partial charge is 0.0299 e. The minimum absolute atomic E-state index is 0.831. The molecule has 1 aromatic rings. The average Bonchev–Trinajstić information content (AvgIpc) is 2.43. The lowest BCUT2D eigenvalue weighted by Gasteiger charge is -2.35. The molecular formula is C17H28N2. The van der Waals surface area contributed by atoms with Crippen LogP contribution in [-0.4, -0.2) is 18.1 Å². The maximum Gasteiger partial charge on any atom is 0.0299 e. The first-order valence-electron chi connectivity index (χ1n) is 7.89. The molecule has 0 saturated heterocycles. The van der Waals surface area contributed by atoms with Gasteiger partial charge in [0.25, 0.3) is 0 Å². The number of hydrogen-bond acceptors (Lipinski definition) is 2. The van der Waals surface area contributed by atoms with Gasteiger partial charge < -0.3 is 5.32 Å². The molecular weight excluding hydrogens is 232 g/mol. The molecule has 2 rings (SSSR count). The van der Waals surface area contributed by atoms with Crippen LogP contribution in [0.4, 0.5) is 0 Å². The van der Waals surface area contributed by atoms with Gasteiger partial charge in [-0.3, -0.25) is 4.98 Å². The highest BCUT2D eigenvalue weighted by molar-refractivity contribution is 5.10. The second-order valence-electron chi connectivity index (χ2n) is 6.21. The second kappa shape index (κ2) is 7.64. The number of nitrogens with zero attached hydrogens (tertiary/aromatic N) is 1. The van der Waals surface area contributed by atoms with Crippen LogP contribution in [0.2, 0.25) is 0 Å². The first-order valence-corrected chi connectivity index (χ1v) is 7.89. The Kier molecular flexibility index (Phi) is 5.84. The highest BCUT2D eigenvalue weighted by Gasteiger charge is 2.28. The van der Waals surface area contributed by atoms with Crippen molar-refractivity contribution in [2.45, 2.75) is 46.0 Å². The summed E-state index contributed by atoms with van der Waals surface area (Å²) in [7, 11) is 0. The van der Waals surface area contributed by atoms with Crippen molar-refractivity contribution >= 4 is 0 Å². The van der Waals surface area contributed by atoms with Crippen LogP contribution in [0.15, 0.2) is 24.5 Å². The summed E-state index contributed by atoms with van der Waals surface area (Å²) in [6.07, 6.45) is 10.5. The molecule has 1 aromatic heterocycles. The van der Waals surface area contributed by atoms with Gasteiger partial charge in [-0.05, 0) is 68.2 Å². The zero-order chi connectivity index (χ0) is 13.5. The van der Waals surface area contributed by atoms with Crippen molar-refractivity contribution in [3.63, 3.8) is 0 Å². The molecule has 0 aliphatic heterocycles. The minimum Gasteiger partial charge on any atom is -0.316 e. The summed E-state index contributed by atoms with van der Waals surface area (Å²) in [5.41, 5.74) is 1.40. The third kappa shape index (κ3) is 4.61. The lowest BCUT2D eigenvalue weighted by Crippen LogP contribution is -2.34. The maximum atomic E-state index is 4.25. The molecule has 0 bridgehead atoms. The summed E-state index contributed by atoms with van der Waals surface area (Å²) in [6, 6.07) is 4.29. The molecule has 1 fully saturated rings. The molecule has 1 saturated carbocycles. The Hall–Kier alpha value is -0.890. The molecule has 106 valence electrons. The van der Waals surface area contributed by atoms with E-state index in [4.69, 9.17) is 0 Å². The zero-order valence-corrected chi connectivity index (χ0v) is 12.4. The predicted octanol–water partition coefficient (Wildman–Crippen LogP) is 3.68. The molecule has 3 unspecified atom stereocenters. The van der Waals surface area contributed by atoms with E-state index < -0.39 is 0 Å². The van der Waals surface area contributed by atoms with Crippen molar-refractivity contribution < 1.29 is 0 Å². The van der Waals surface area contributed by atoms with E-state index in [0.29, 0.717) is 0 Å². The molecule has 0 radical (unpaired) electrons. The Morgan fingerprint density at radius 3 is 2.95 bits per heavy atom. The third-order valence-corrected chi connectivity index (χ3v) is 4.46. The van der Waals surface area contributed by atoms with Gasteiger partial charge in [-0.1, -0.05) is 26.3 Å². The molecule has 19 heavy (non-hydrogen) atoms. The summed E-state index contributed by atoms with van der Waals surface area (Å²) in [5, 5.41) is 3.62. The van der Waals surface area contributed by atoms with Crippen molar-refractivity contribution in [1.29, 1.82) is 0 Å². The van der Waals surface area contributed by atoms with Crippen LogP contribution in [0, 0.1) is 17.8 Å². The Morgan fingerprint density at radius 2 is 2.21 bits per heavy atom. The Morgan fingerprint density at radius 1 is 1.32 bits per heavy atom. The van der Waals surface area contributed by atoms with E-state index in [1.807, 2.05) is 12.4 Å². The quantitative estimate of drug-likeness (QED) is 0.789. The van der Waals surface area contributed by atoms with Crippen molar-refractivity contribution in [1.82, 2.24) is 10.3 Å². The van der Waals surface area contributed by atoms with E-state index in [9.17, 15) is 0 Å². The zero-order valence-electron chi connectivity index (χ0n) is 12.4. The molecule has 2 heteroatoms. The standard InChI is InChI=1S/C17H28N2/c1-3-8-18-13-16-7-6-14(2)10-17(16)11-15-5-4-9-19-12-15/h4-5,9,12,14,16-18H,3,6-8,10-11,13H2,1-2H3. The molecule has 1 aliphatic carbocycles. The number of aromatic nitrogens is 1. The molecule has 1 aliphatic rings. The van der Waals surface area contributed by atoms with Gasteiger partial charge in [0.05, 0.1) is 0 Å². The van der Waals surface area contributed by atoms with Crippen LogP contribution in [0.3, 0.4) is 0 Å². The van der Waals surface area contributed by atoms with Crippen molar-refractivity contribution in [2.24, 2.45) is 17.8 Å². The number of hydrogen-bond donors (Lipinski definition) is 1. The fourth-order valence-electron chi connectivity index (χ4n) is 3.37. The molecule has 3 atom stereocenters. The summed E-state index contributed by atoms with van der Waals surface area (Å²) < 4.78 is 0. The summed E-state index contributed by atoms with van der Waals surface area (Å²) >= 11 is 0. The first-order chi connectivity index (χ1) is 9.29. The third-order valence-electron chi connectivity index (χ3n) is 4.46. The van der Waals surface area contributed by atoms with Crippen LogP contribution in [0.25, 0.3) is 0 Å². The molecule has 0 spiro atoms. The van der Waals surface area contributed by atoms with Crippen molar-refractivity contribution in [2.75, 3.05) is 13.1 Å². The van der Waals surface area contributed by atoms with Gasteiger partial charge in [-0.2, -0.15) is 0 Å². The van der Waals surface area contributed by atoms with Gasteiger partial charge in [-0.15, -0.1) is 0 Å². The van der Waals surface area contributed by atoms with Crippen molar-refractivity contribution in [3.05, 3.63) is 30.1 Å². The summed E-state index contributed by atoms with van der Waals surface area (Å²) in [4.78, 5) is 4.25. The van der Waals surface area contributed by atoms with Gasteiger partial charge in [0.15, 0.2) is 0 Å². The Labute approximate surface area is 118 Å². The Balaban J connectivity index is 1.92. The molecule has 1 heterocycles. The monoisotopic (exact) mass is 260 g/mol. The highest BCUT2D eigenvalue weighted by Crippen LogP contribution is 2.35. The largest absolute Gasteiger partial charge is 0.316 e. The van der Waals surface area contributed by atoms with Gasteiger partial charge in [0, 0.05) is 12.4 Å².